The molecule has 244 valence electrons. The largest absolute Gasteiger partial charge is 0.492 e. The lowest BCUT2D eigenvalue weighted by atomic mass is 10.00. The van der Waals surface area contributed by atoms with Crippen LogP contribution in [0.2, 0.25) is 0 Å². The van der Waals surface area contributed by atoms with Gasteiger partial charge in [-0.2, -0.15) is 0 Å². The van der Waals surface area contributed by atoms with Crippen LogP contribution < -0.4 is 10.1 Å². The zero-order valence-electron chi connectivity index (χ0n) is 26.7. The van der Waals surface area contributed by atoms with Crippen LogP contribution in [0, 0.1) is 0 Å². The van der Waals surface area contributed by atoms with Crippen molar-refractivity contribution in [3.8, 4) is 5.75 Å². The first kappa shape index (κ1) is 32.7. The van der Waals surface area contributed by atoms with Gasteiger partial charge in [-0.15, -0.1) is 0 Å². The number of ketones is 1. The van der Waals surface area contributed by atoms with E-state index in [1.807, 2.05) is 78.9 Å². The molecule has 1 atom stereocenters. The first-order valence-electron chi connectivity index (χ1n) is 16.0. The van der Waals surface area contributed by atoms with E-state index in [1.165, 1.54) is 0 Å². The van der Waals surface area contributed by atoms with Gasteiger partial charge in [0, 0.05) is 41.4 Å². The van der Waals surface area contributed by atoms with Crippen LogP contribution >= 0.6 is 0 Å². The number of ether oxygens (including phenoxy) is 1. The molecule has 0 aliphatic carbocycles. The molecule has 8 nitrogen and oxygen atoms in total. The fraction of sp³-hybridized carbons (Fsp3) is 0.122. The second-order valence-corrected chi connectivity index (χ2v) is 11.6. The third-order valence-electron chi connectivity index (χ3n) is 8.18. The van der Waals surface area contributed by atoms with E-state index in [-0.39, 0.29) is 24.7 Å². The van der Waals surface area contributed by atoms with E-state index in [0.29, 0.717) is 41.3 Å². The summed E-state index contributed by atoms with van der Waals surface area (Å²) in [6.45, 7) is 0.979. The van der Waals surface area contributed by atoms with Gasteiger partial charge < -0.3 is 20.1 Å². The van der Waals surface area contributed by atoms with Crippen molar-refractivity contribution in [2.24, 2.45) is 0 Å². The van der Waals surface area contributed by atoms with Crippen molar-refractivity contribution < 1.29 is 24.2 Å². The molecule has 1 amide bonds. The minimum atomic E-state index is -1.04. The fourth-order valence-electron chi connectivity index (χ4n) is 5.59. The molecule has 1 aromatic heterocycles. The average molecular weight is 650 g/mol. The molecule has 0 fully saturated rings. The Morgan fingerprint density at radius 2 is 1.39 bits per heavy atom. The summed E-state index contributed by atoms with van der Waals surface area (Å²) in [5.41, 5.74) is 3.53. The van der Waals surface area contributed by atoms with Crippen LogP contribution in [0.1, 0.15) is 37.5 Å². The normalized spacial score (nSPS) is 11.4. The van der Waals surface area contributed by atoms with Crippen molar-refractivity contribution in [3.63, 3.8) is 0 Å². The molecule has 49 heavy (non-hydrogen) atoms. The summed E-state index contributed by atoms with van der Waals surface area (Å²) >= 11 is 0. The zero-order valence-corrected chi connectivity index (χ0v) is 26.7. The van der Waals surface area contributed by atoms with Crippen molar-refractivity contribution in [1.29, 1.82) is 0 Å². The number of fused-ring (bicyclic) bond motifs is 1. The number of hydrogen-bond acceptors (Lipinski definition) is 6. The summed E-state index contributed by atoms with van der Waals surface area (Å²) in [6.07, 6.45) is 1.90. The average Bonchev–Trinajstić information content (AvgIpc) is 3.15. The number of carboxylic acids is 1. The van der Waals surface area contributed by atoms with E-state index in [0.717, 1.165) is 21.9 Å². The van der Waals surface area contributed by atoms with Crippen LogP contribution in [-0.2, 0) is 17.8 Å². The van der Waals surface area contributed by atoms with E-state index >= 15 is 0 Å². The molecule has 8 heteroatoms. The van der Waals surface area contributed by atoms with Gasteiger partial charge in [0.25, 0.3) is 5.91 Å². The third-order valence-corrected chi connectivity index (χ3v) is 8.18. The Bertz CT molecular complexity index is 2050. The first-order chi connectivity index (χ1) is 23.9. The lowest BCUT2D eigenvalue weighted by Gasteiger charge is -2.23. The van der Waals surface area contributed by atoms with E-state index in [9.17, 15) is 19.5 Å². The SMILES string of the molecule is O=C(c1ccccc1)c1ccccc1N[C@@H](Cc1ccc(OCCN(Cc2ccccc2)C(=O)c2cc3ccccc3cn2)cc1)C(=O)O. The van der Waals surface area contributed by atoms with Gasteiger partial charge in [0.1, 0.15) is 24.1 Å². The molecule has 0 saturated heterocycles. The van der Waals surface area contributed by atoms with Gasteiger partial charge >= 0.3 is 5.97 Å². The van der Waals surface area contributed by atoms with Crippen molar-refractivity contribution in [2.75, 3.05) is 18.5 Å². The molecule has 0 unspecified atom stereocenters. The Morgan fingerprint density at radius 3 is 2.12 bits per heavy atom. The number of benzene rings is 5. The first-order valence-corrected chi connectivity index (χ1v) is 16.0. The standard InChI is InChI=1S/C41H35N3O5/c45-39(31-13-5-2-6-14-31)35-17-9-10-18-36(35)43-38(41(47)48)25-29-19-21-34(22-20-29)49-24-23-44(28-30-11-3-1-4-12-30)40(46)37-26-32-15-7-8-16-33(32)27-42-37/h1-22,26-27,38,43H,23-25,28H2,(H,47,48)/t38-/m0/s1. The number of amides is 1. The summed E-state index contributed by atoms with van der Waals surface area (Å²) < 4.78 is 6.03. The Balaban J connectivity index is 1.10. The molecule has 2 N–H and O–H groups in total. The molecule has 0 spiro atoms. The molecule has 0 radical (unpaired) electrons. The van der Waals surface area contributed by atoms with Crippen LogP contribution in [0.5, 0.6) is 5.75 Å². The van der Waals surface area contributed by atoms with Crippen molar-refractivity contribution in [2.45, 2.75) is 19.0 Å². The third kappa shape index (κ3) is 8.36. The number of nitrogens with zero attached hydrogens (tertiary/aromatic N) is 2. The monoisotopic (exact) mass is 649 g/mol. The number of aromatic nitrogens is 1. The molecule has 5 aromatic carbocycles. The predicted octanol–water partition coefficient (Wildman–Crippen LogP) is 7.30. The van der Waals surface area contributed by atoms with Crippen LogP contribution in [-0.4, -0.2) is 51.8 Å². The number of nitrogens with one attached hydrogen (secondary N) is 1. The number of carboxylic acid groups (broad SMARTS) is 1. The number of carbonyl (C=O) groups is 3. The summed E-state index contributed by atoms with van der Waals surface area (Å²) in [7, 11) is 0. The number of rotatable bonds is 14. The van der Waals surface area contributed by atoms with Crippen molar-refractivity contribution in [3.05, 3.63) is 174 Å². The smallest absolute Gasteiger partial charge is 0.326 e. The number of hydrogen-bond donors (Lipinski definition) is 2. The zero-order chi connectivity index (χ0) is 34.0. The maximum absolute atomic E-state index is 13.6. The van der Waals surface area contributed by atoms with Gasteiger partial charge in [0.15, 0.2) is 5.78 Å². The second kappa shape index (κ2) is 15.5. The number of aliphatic carboxylic acids is 1. The maximum Gasteiger partial charge on any atom is 0.326 e. The van der Waals surface area contributed by atoms with Crippen LogP contribution in [0.25, 0.3) is 10.8 Å². The molecule has 0 aliphatic rings. The van der Waals surface area contributed by atoms with Crippen LogP contribution in [0.4, 0.5) is 5.69 Å². The van der Waals surface area contributed by atoms with Crippen molar-refractivity contribution >= 4 is 34.1 Å². The predicted molar refractivity (Wildman–Crippen MR) is 190 cm³/mol. The molecule has 0 bridgehead atoms. The highest BCUT2D eigenvalue weighted by atomic mass is 16.5. The van der Waals surface area contributed by atoms with Gasteiger partial charge in [-0.1, -0.05) is 109 Å². The van der Waals surface area contributed by atoms with Gasteiger partial charge in [-0.3, -0.25) is 14.6 Å². The van der Waals surface area contributed by atoms with Gasteiger partial charge in [0.2, 0.25) is 0 Å². The van der Waals surface area contributed by atoms with Crippen LogP contribution in [0.15, 0.2) is 146 Å². The van der Waals surface area contributed by atoms with Crippen LogP contribution in [0.3, 0.4) is 0 Å². The second-order valence-electron chi connectivity index (χ2n) is 11.6. The Hall–Kier alpha value is -6.28. The number of carbonyl (C=O) groups excluding carboxylic acids is 2. The molecule has 1 heterocycles. The molecular formula is C41H35N3O5. The van der Waals surface area contributed by atoms with E-state index in [4.69, 9.17) is 4.74 Å². The number of pyridine rings is 1. The van der Waals surface area contributed by atoms with Gasteiger partial charge in [0.05, 0.1) is 6.54 Å². The molecule has 6 aromatic rings. The number of para-hydroxylation sites is 1. The quantitative estimate of drug-likeness (QED) is 0.119. The Labute approximate surface area is 284 Å². The lowest BCUT2D eigenvalue weighted by Crippen LogP contribution is -2.34. The minimum Gasteiger partial charge on any atom is -0.492 e. The highest BCUT2D eigenvalue weighted by Crippen LogP contribution is 2.22. The highest BCUT2D eigenvalue weighted by molar-refractivity contribution is 6.12. The summed E-state index contributed by atoms with van der Waals surface area (Å²) in [5, 5.41) is 15.0. The van der Waals surface area contributed by atoms with E-state index < -0.39 is 12.0 Å². The van der Waals surface area contributed by atoms with Crippen molar-refractivity contribution in [1.82, 2.24) is 9.88 Å². The number of anilines is 1. The molecular weight excluding hydrogens is 614 g/mol. The summed E-state index contributed by atoms with van der Waals surface area (Å²) in [5.74, 6) is -0.815. The van der Waals surface area contributed by atoms with Gasteiger partial charge in [-0.05, 0) is 46.8 Å². The molecule has 6 rings (SSSR count). The Kier molecular flexibility index (Phi) is 10.4. The lowest BCUT2D eigenvalue weighted by molar-refractivity contribution is -0.137. The Morgan fingerprint density at radius 1 is 0.735 bits per heavy atom. The van der Waals surface area contributed by atoms with E-state index in [1.54, 1.807) is 71.8 Å². The molecule has 0 aliphatic heterocycles. The summed E-state index contributed by atoms with van der Waals surface area (Å²) in [4.78, 5) is 45.2. The summed E-state index contributed by atoms with van der Waals surface area (Å²) in [6, 6.07) is 41.4. The highest BCUT2D eigenvalue weighted by Gasteiger charge is 2.22. The fourth-order valence-corrected chi connectivity index (χ4v) is 5.59. The van der Waals surface area contributed by atoms with Gasteiger partial charge in [-0.25, -0.2) is 4.79 Å². The van der Waals surface area contributed by atoms with E-state index in [2.05, 4.69) is 10.3 Å². The topological polar surface area (TPSA) is 109 Å². The minimum absolute atomic E-state index is 0.182. The molecule has 0 saturated carbocycles. The maximum atomic E-state index is 13.6.